The molecule has 2 heterocycles. The monoisotopic (exact) mass is 415 g/mol. The molecule has 1 atom stereocenters. The fourth-order valence-electron chi connectivity index (χ4n) is 2.28. The van der Waals surface area contributed by atoms with Crippen molar-refractivity contribution in [3.05, 3.63) is 59.1 Å². The second-order valence-corrected chi connectivity index (χ2v) is 6.77. The van der Waals surface area contributed by atoms with E-state index in [1.165, 1.54) is 6.07 Å². The van der Waals surface area contributed by atoms with Crippen molar-refractivity contribution in [3.8, 4) is 11.3 Å². The Morgan fingerprint density at radius 3 is 2.73 bits per heavy atom. The number of aromatic nitrogens is 3. The van der Waals surface area contributed by atoms with Crippen molar-refractivity contribution in [1.29, 1.82) is 0 Å². The molecule has 1 aromatic carbocycles. The van der Waals surface area contributed by atoms with E-state index < -0.39 is 0 Å². The third-order valence-corrected chi connectivity index (χ3v) is 4.51. The molecule has 0 amide bonds. The lowest BCUT2D eigenvalue weighted by Crippen LogP contribution is -2.16. The van der Waals surface area contributed by atoms with Gasteiger partial charge in [-0.1, -0.05) is 6.92 Å². The number of nitrogens with one attached hydrogen (secondary N) is 2. The predicted molar refractivity (Wildman–Crippen MR) is 106 cm³/mol. The van der Waals surface area contributed by atoms with Crippen molar-refractivity contribution >= 4 is 33.4 Å². The maximum Gasteiger partial charge on any atom is 0.225 e. The first-order chi connectivity index (χ1) is 12.5. The Kier molecular flexibility index (Phi) is 5.78. The zero-order chi connectivity index (χ0) is 18.5. The lowest BCUT2D eigenvalue weighted by Gasteiger charge is -2.14. The zero-order valence-electron chi connectivity index (χ0n) is 14.5. The number of nitrogens with zero attached hydrogens (tertiary/aromatic N) is 3. The quantitative estimate of drug-likeness (QED) is 0.564. The number of rotatable bonds is 6. The van der Waals surface area contributed by atoms with Crippen LogP contribution in [0, 0.1) is 5.82 Å². The highest BCUT2D eigenvalue weighted by molar-refractivity contribution is 9.10. The summed E-state index contributed by atoms with van der Waals surface area (Å²) in [6.07, 6.45) is 4.41. The van der Waals surface area contributed by atoms with Crippen LogP contribution in [0.4, 0.5) is 21.8 Å². The van der Waals surface area contributed by atoms with Crippen LogP contribution in [0.1, 0.15) is 20.3 Å². The molecule has 2 aromatic heterocycles. The van der Waals surface area contributed by atoms with Crippen molar-refractivity contribution in [2.75, 3.05) is 10.6 Å². The smallest absolute Gasteiger partial charge is 0.225 e. The van der Waals surface area contributed by atoms with Crippen LogP contribution in [0.15, 0.2) is 53.3 Å². The van der Waals surface area contributed by atoms with Gasteiger partial charge in [-0.3, -0.25) is 4.98 Å². The first-order valence-corrected chi connectivity index (χ1v) is 9.12. The van der Waals surface area contributed by atoms with Crippen LogP contribution in [-0.2, 0) is 0 Å². The van der Waals surface area contributed by atoms with Crippen LogP contribution >= 0.6 is 15.9 Å². The predicted octanol–water partition coefficient (Wildman–Crippen LogP) is 5.39. The van der Waals surface area contributed by atoms with Crippen LogP contribution in [0.3, 0.4) is 0 Å². The van der Waals surface area contributed by atoms with E-state index >= 15 is 0 Å². The van der Waals surface area contributed by atoms with Gasteiger partial charge in [-0.05, 0) is 59.6 Å². The van der Waals surface area contributed by atoms with Crippen LogP contribution < -0.4 is 10.6 Å². The minimum absolute atomic E-state index is 0.233. The molecule has 0 saturated heterocycles. The van der Waals surface area contributed by atoms with Gasteiger partial charge in [0.2, 0.25) is 5.95 Å². The van der Waals surface area contributed by atoms with Crippen LogP contribution in [-0.4, -0.2) is 21.0 Å². The maximum atomic E-state index is 13.8. The van der Waals surface area contributed by atoms with E-state index in [0.29, 0.717) is 21.9 Å². The number of pyridine rings is 1. The van der Waals surface area contributed by atoms with E-state index in [1.54, 1.807) is 24.5 Å². The highest BCUT2D eigenvalue weighted by atomic mass is 79.9. The minimum atomic E-state index is -0.338. The lowest BCUT2D eigenvalue weighted by molar-refractivity contribution is 0.622. The van der Waals surface area contributed by atoms with Gasteiger partial charge in [0, 0.05) is 35.8 Å². The average Bonchev–Trinajstić information content (AvgIpc) is 2.65. The molecule has 3 rings (SSSR count). The summed E-state index contributed by atoms with van der Waals surface area (Å²) in [6, 6.07) is 10.7. The van der Waals surface area contributed by atoms with E-state index in [0.717, 1.165) is 17.7 Å². The topological polar surface area (TPSA) is 62.7 Å². The molecular formula is C19H19BrFN5. The van der Waals surface area contributed by atoms with Gasteiger partial charge in [0.15, 0.2) is 0 Å². The summed E-state index contributed by atoms with van der Waals surface area (Å²) in [5.41, 5.74) is 2.22. The van der Waals surface area contributed by atoms with Gasteiger partial charge >= 0.3 is 0 Å². The molecular weight excluding hydrogens is 397 g/mol. The number of benzene rings is 1. The minimum Gasteiger partial charge on any atom is -0.352 e. The van der Waals surface area contributed by atoms with Gasteiger partial charge in [0.1, 0.15) is 11.6 Å². The molecule has 0 aliphatic heterocycles. The van der Waals surface area contributed by atoms with Gasteiger partial charge in [-0.2, -0.15) is 4.98 Å². The van der Waals surface area contributed by atoms with E-state index in [1.807, 2.05) is 18.2 Å². The molecule has 0 radical (unpaired) electrons. The average molecular weight is 416 g/mol. The summed E-state index contributed by atoms with van der Waals surface area (Å²) in [5.74, 6) is 0.752. The second-order valence-electron chi connectivity index (χ2n) is 5.91. The summed E-state index contributed by atoms with van der Waals surface area (Å²) in [6.45, 7) is 4.16. The van der Waals surface area contributed by atoms with Crippen molar-refractivity contribution in [1.82, 2.24) is 15.0 Å². The molecule has 134 valence electrons. The number of halogens is 2. The molecule has 0 bridgehead atoms. The van der Waals surface area contributed by atoms with Gasteiger partial charge < -0.3 is 10.6 Å². The molecule has 26 heavy (non-hydrogen) atoms. The third-order valence-electron chi connectivity index (χ3n) is 3.86. The number of hydrogen-bond acceptors (Lipinski definition) is 5. The van der Waals surface area contributed by atoms with E-state index in [2.05, 4.69) is 55.4 Å². The Morgan fingerprint density at radius 1 is 1.19 bits per heavy atom. The van der Waals surface area contributed by atoms with E-state index in [9.17, 15) is 4.39 Å². The molecule has 0 aliphatic carbocycles. The van der Waals surface area contributed by atoms with Crippen molar-refractivity contribution in [3.63, 3.8) is 0 Å². The van der Waals surface area contributed by atoms with Crippen LogP contribution in [0.5, 0.6) is 0 Å². The molecule has 0 fully saturated rings. The molecule has 0 spiro atoms. The zero-order valence-corrected chi connectivity index (χ0v) is 16.1. The number of anilines is 3. The Hall–Kier alpha value is -2.54. The summed E-state index contributed by atoms with van der Waals surface area (Å²) in [7, 11) is 0. The van der Waals surface area contributed by atoms with Gasteiger partial charge in [-0.15, -0.1) is 0 Å². The van der Waals surface area contributed by atoms with Crippen LogP contribution in [0.2, 0.25) is 0 Å². The Morgan fingerprint density at radius 2 is 2.04 bits per heavy atom. The largest absolute Gasteiger partial charge is 0.352 e. The fraction of sp³-hybridized carbons (Fsp3) is 0.211. The SMILES string of the molecule is CC[C@@H](C)Nc1nc(Nc2ccc(Br)c(F)c2)cc(-c2cccnc2)n1. The standard InChI is InChI=1S/C19H19BrFN5/c1-3-12(2)23-19-25-17(13-5-4-8-22-11-13)10-18(26-19)24-14-6-7-15(20)16(21)9-14/h4-12H,3H2,1-2H3,(H2,23,24,25,26)/t12-/m1/s1. The van der Waals surface area contributed by atoms with Crippen molar-refractivity contribution in [2.45, 2.75) is 26.3 Å². The summed E-state index contributed by atoms with van der Waals surface area (Å²) < 4.78 is 14.2. The van der Waals surface area contributed by atoms with Crippen molar-refractivity contribution in [2.24, 2.45) is 0 Å². The van der Waals surface area contributed by atoms with Gasteiger partial charge in [0.25, 0.3) is 0 Å². The highest BCUT2D eigenvalue weighted by Crippen LogP contribution is 2.25. The maximum absolute atomic E-state index is 13.8. The lowest BCUT2D eigenvalue weighted by atomic mass is 10.2. The summed E-state index contributed by atoms with van der Waals surface area (Å²) >= 11 is 3.16. The Labute approximate surface area is 160 Å². The first-order valence-electron chi connectivity index (χ1n) is 8.33. The molecule has 5 nitrogen and oxygen atoms in total. The molecule has 2 N–H and O–H groups in total. The molecule has 7 heteroatoms. The second kappa shape index (κ2) is 8.23. The number of hydrogen-bond donors (Lipinski definition) is 2. The van der Waals surface area contributed by atoms with Crippen molar-refractivity contribution < 1.29 is 4.39 Å². The highest BCUT2D eigenvalue weighted by Gasteiger charge is 2.10. The molecule has 0 saturated carbocycles. The fourth-order valence-corrected chi connectivity index (χ4v) is 2.53. The van der Waals surface area contributed by atoms with Gasteiger partial charge in [0.05, 0.1) is 10.2 Å². The third kappa shape index (κ3) is 4.54. The molecule has 0 unspecified atom stereocenters. The van der Waals surface area contributed by atoms with E-state index in [-0.39, 0.29) is 11.9 Å². The summed E-state index contributed by atoms with van der Waals surface area (Å²) in [5, 5.41) is 6.43. The normalized spacial score (nSPS) is 11.8. The molecule has 3 aromatic rings. The summed E-state index contributed by atoms with van der Waals surface area (Å²) in [4.78, 5) is 13.2. The Bertz CT molecular complexity index is 888. The Balaban J connectivity index is 1.97. The van der Waals surface area contributed by atoms with Crippen LogP contribution in [0.25, 0.3) is 11.3 Å². The first kappa shape index (κ1) is 18.3. The molecule has 0 aliphatic rings. The van der Waals surface area contributed by atoms with Gasteiger partial charge in [-0.25, -0.2) is 9.37 Å². The van der Waals surface area contributed by atoms with E-state index in [4.69, 9.17) is 0 Å².